The Morgan fingerprint density at radius 1 is 1.13 bits per heavy atom. The average molecular weight is 425 g/mol. The number of anilines is 1. The lowest BCUT2D eigenvalue weighted by molar-refractivity contribution is -0.384. The van der Waals surface area contributed by atoms with Crippen molar-refractivity contribution in [2.24, 2.45) is 5.92 Å². The van der Waals surface area contributed by atoms with Crippen molar-refractivity contribution in [2.75, 3.05) is 18.4 Å². The Kier molecular flexibility index (Phi) is 7.63. The fourth-order valence-electron chi connectivity index (χ4n) is 3.76. The number of likely N-dealkylation sites (tertiary alicyclic amines) is 1. The van der Waals surface area contributed by atoms with Crippen molar-refractivity contribution in [2.45, 2.75) is 52.7 Å². The van der Waals surface area contributed by atoms with Crippen molar-refractivity contribution in [3.05, 3.63) is 69.3 Å². The lowest BCUT2D eigenvalue weighted by atomic mass is 9.99. The Hall–Kier alpha value is -2.93. The smallest absolute Gasteiger partial charge is 0.293 e. The Balaban J connectivity index is 1.61. The molecular formula is C24H32N4O3. The van der Waals surface area contributed by atoms with Crippen molar-refractivity contribution < 1.29 is 9.72 Å². The van der Waals surface area contributed by atoms with Crippen LogP contribution < -0.4 is 10.6 Å². The molecule has 0 unspecified atom stereocenters. The van der Waals surface area contributed by atoms with Crippen LogP contribution in [0.3, 0.4) is 0 Å². The van der Waals surface area contributed by atoms with E-state index in [0.29, 0.717) is 12.2 Å². The number of hydrogen-bond donors (Lipinski definition) is 2. The van der Waals surface area contributed by atoms with Crippen molar-refractivity contribution in [3.63, 3.8) is 0 Å². The van der Waals surface area contributed by atoms with Gasteiger partial charge in [0.1, 0.15) is 5.69 Å². The summed E-state index contributed by atoms with van der Waals surface area (Å²) in [5.74, 6) is 0.510. The van der Waals surface area contributed by atoms with Gasteiger partial charge in [0.05, 0.1) is 4.92 Å². The largest absolute Gasteiger partial charge is 0.375 e. The molecule has 1 amide bonds. The van der Waals surface area contributed by atoms with E-state index in [2.05, 4.69) is 46.7 Å². The van der Waals surface area contributed by atoms with Crippen LogP contribution in [0.15, 0.2) is 42.5 Å². The zero-order valence-corrected chi connectivity index (χ0v) is 18.6. The summed E-state index contributed by atoms with van der Waals surface area (Å²) in [5.41, 5.74) is 2.91. The van der Waals surface area contributed by atoms with Gasteiger partial charge in [0, 0.05) is 30.8 Å². The molecule has 0 radical (unpaired) electrons. The van der Waals surface area contributed by atoms with Gasteiger partial charge in [-0.3, -0.25) is 19.8 Å². The third kappa shape index (κ3) is 6.52. The highest BCUT2D eigenvalue weighted by molar-refractivity contribution is 5.95. The minimum atomic E-state index is -0.461. The van der Waals surface area contributed by atoms with Gasteiger partial charge in [-0.1, -0.05) is 31.2 Å². The fourth-order valence-corrected chi connectivity index (χ4v) is 3.76. The molecule has 166 valence electrons. The first kappa shape index (κ1) is 22.7. The predicted octanol–water partition coefficient (Wildman–Crippen LogP) is 4.58. The Labute approximate surface area is 184 Å². The van der Waals surface area contributed by atoms with Crippen LogP contribution in [0.5, 0.6) is 0 Å². The zero-order chi connectivity index (χ0) is 22.4. The van der Waals surface area contributed by atoms with E-state index < -0.39 is 4.92 Å². The zero-order valence-electron chi connectivity index (χ0n) is 18.6. The summed E-state index contributed by atoms with van der Waals surface area (Å²) in [6.07, 6.45) is 2.53. The molecule has 1 fully saturated rings. The summed E-state index contributed by atoms with van der Waals surface area (Å²) in [6.45, 7) is 9.75. The van der Waals surface area contributed by atoms with Crippen LogP contribution in [0.25, 0.3) is 0 Å². The molecule has 1 aliphatic rings. The predicted molar refractivity (Wildman–Crippen MR) is 123 cm³/mol. The Morgan fingerprint density at radius 3 is 2.39 bits per heavy atom. The number of nitro groups is 1. The lowest BCUT2D eigenvalue weighted by Gasteiger charge is -2.30. The van der Waals surface area contributed by atoms with Crippen LogP contribution in [0.1, 0.15) is 55.1 Å². The standard InChI is InChI=1S/C24H32N4O3/c1-17(2)26-24(29)21-8-9-22(23(14-21)28(30)31)25-15-19-4-6-20(7-5-19)16-27-12-10-18(3)11-13-27/h4-9,14,17-18,25H,10-13,15-16H2,1-3H3,(H,26,29). The van der Waals surface area contributed by atoms with Gasteiger partial charge in [0.25, 0.3) is 11.6 Å². The van der Waals surface area contributed by atoms with Crippen LogP contribution in [0, 0.1) is 16.0 Å². The average Bonchev–Trinajstić information content (AvgIpc) is 2.74. The molecule has 1 saturated heterocycles. The van der Waals surface area contributed by atoms with Gasteiger partial charge in [-0.25, -0.2) is 0 Å². The highest BCUT2D eigenvalue weighted by atomic mass is 16.6. The normalized spacial score (nSPS) is 15.1. The molecule has 1 aliphatic heterocycles. The Morgan fingerprint density at radius 2 is 1.77 bits per heavy atom. The molecule has 2 N–H and O–H groups in total. The van der Waals surface area contributed by atoms with Gasteiger partial charge < -0.3 is 10.6 Å². The molecule has 0 atom stereocenters. The van der Waals surface area contributed by atoms with Gasteiger partial charge in [0.2, 0.25) is 0 Å². The number of rotatable bonds is 8. The number of benzene rings is 2. The van der Waals surface area contributed by atoms with Crippen molar-refractivity contribution in [3.8, 4) is 0 Å². The van der Waals surface area contributed by atoms with Gasteiger partial charge in [-0.15, -0.1) is 0 Å². The molecule has 2 aromatic rings. The number of piperidine rings is 1. The molecule has 7 heteroatoms. The second-order valence-corrected chi connectivity index (χ2v) is 8.75. The molecule has 2 aromatic carbocycles. The minimum absolute atomic E-state index is 0.0363. The SMILES string of the molecule is CC1CCN(Cc2ccc(CNc3ccc(C(=O)NC(C)C)cc3[N+](=O)[O-])cc2)CC1. The first-order chi connectivity index (χ1) is 14.8. The molecule has 0 bridgehead atoms. The second kappa shape index (κ2) is 10.4. The number of nitrogens with one attached hydrogen (secondary N) is 2. The quantitative estimate of drug-likeness (QED) is 0.478. The van der Waals surface area contributed by atoms with Crippen molar-refractivity contribution in [1.29, 1.82) is 0 Å². The fraction of sp³-hybridized carbons (Fsp3) is 0.458. The van der Waals surface area contributed by atoms with E-state index in [4.69, 9.17) is 0 Å². The number of nitrogens with zero attached hydrogens (tertiary/aromatic N) is 2. The molecule has 0 aliphatic carbocycles. The Bertz CT molecular complexity index is 904. The van der Waals surface area contributed by atoms with E-state index in [1.165, 1.54) is 24.5 Å². The first-order valence-corrected chi connectivity index (χ1v) is 10.9. The second-order valence-electron chi connectivity index (χ2n) is 8.75. The van der Waals surface area contributed by atoms with Crippen LogP contribution in [0.2, 0.25) is 0 Å². The maximum absolute atomic E-state index is 12.2. The number of carbonyl (C=O) groups excluding carboxylic acids is 1. The van der Waals surface area contributed by atoms with Crippen LogP contribution in [0.4, 0.5) is 11.4 Å². The van der Waals surface area contributed by atoms with Gasteiger partial charge in [-0.05, 0) is 69.0 Å². The first-order valence-electron chi connectivity index (χ1n) is 10.9. The summed E-state index contributed by atoms with van der Waals surface area (Å²) < 4.78 is 0. The summed E-state index contributed by atoms with van der Waals surface area (Å²) in [7, 11) is 0. The van der Waals surface area contributed by atoms with E-state index in [1.54, 1.807) is 12.1 Å². The van der Waals surface area contributed by atoms with E-state index in [9.17, 15) is 14.9 Å². The lowest BCUT2D eigenvalue weighted by Crippen LogP contribution is -2.32. The number of hydrogen-bond acceptors (Lipinski definition) is 5. The highest BCUT2D eigenvalue weighted by Gasteiger charge is 2.18. The van der Waals surface area contributed by atoms with Crippen molar-refractivity contribution in [1.82, 2.24) is 10.2 Å². The van der Waals surface area contributed by atoms with Crippen LogP contribution >= 0.6 is 0 Å². The van der Waals surface area contributed by atoms with Crippen LogP contribution in [-0.2, 0) is 13.1 Å². The number of amides is 1. The highest BCUT2D eigenvalue weighted by Crippen LogP contribution is 2.26. The van der Waals surface area contributed by atoms with E-state index in [0.717, 1.165) is 31.1 Å². The summed E-state index contributed by atoms with van der Waals surface area (Å²) in [5, 5.41) is 17.4. The molecule has 7 nitrogen and oxygen atoms in total. The maximum atomic E-state index is 12.2. The number of nitro benzene ring substituents is 1. The molecular weight excluding hydrogens is 392 g/mol. The third-order valence-electron chi connectivity index (χ3n) is 5.66. The third-order valence-corrected chi connectivity index (χ3v) is 5.66. The van der Waals surface area contributed by atoms with Crippen molar-refractivity contribution >= 4 is 17.3 Å². The molecule has 0 spiro atoms. The summed E-state index contributed by atoms with van der Waals surface area (Å²) in [6, 6.07) is 12.9. The monoisotopic (exact) mass is 424 g/mol. The molecule has 0 aromatic heterocycles. The van der Waals surface area contributed by atoms with E-state index in [1.807, 2.05) is 13.8 Å². The van der Waals surface area contributed by atoms with Gasteiger partial charge in [-0.2, -0.15) is 0 Å². The van der Waals surface area contributed by atoms with Gasteiger partial charge >= 0.3 is 0 Å². The molecule has 3 rings (SSSR count). The van der Waals surface area contributed by atoms with E-state index >= 15 is 0 Å². The number of carbonyl (C=O) groups is 1. The van der Waals surface area contributed by atoms with E-state index in [-0.39, 0.29) is 23.2 Å². The summed E-state index contributed by atoms with van der Waals surface area (Å²) >= 11 is 0. The maximum Gasteiger partial charge on any atom is 0.293 e. The van der Waals surface area contributed by atoms with Crippen LogP contribution in [-0.4, -0.2) is 34.9 Å². The minimum Gasteiger partial charge on any atom is -0.375 e. The van der Waals surface area contributed by atoms with Gasteiger partial charge in [0.15, 0.2) is 0 Å². The molecule has 1 heterocycles. The molecule has 0 saturated carbocycles. The summed E-state index contributed by atoms with van der Waals surface area (Å²) in [4.78, 5) is 25.7. The molecule has 31 heavy (non-hydrogen) atoms. The topological polar surface area (TPSA) is 87.5 Å².